The van der Waals surface area contributed by atoms with Crippen LogP contribution in [0.2, 0.25) is 5.02 Å². The van der Waals surface area contributed by atoms with Crippen LogP contribution < -0.4 is 10.5 Å². The number of hydrogen-bond acceptors (Lipinski definition) is 4. The lowest BCUT2D eigenvalue weighted by molar-refractivity contribution is -0.774. The molecule has 0 radical (unpaired) electrons. The molecule has 3 rings (SSSR count). The first-order chi connectivity index (χ1) is 12.5. The predicted molar refractivity (Wildman–Crippen MR) is 112 cm³/mol. The van der Waals surface area contributed by atoms with Crippen molar-refractivity contribution in [2.24, 2.45) is 0 Å². The molecule has 1 unspecified atom stereocenters. The fourth-order valence-corrected chi connectivity index (χ4v) is 4.67. The van der Waals surface area contributed by atoms with Crippen molar-refractivity contribution in [1.82, 2.24) is 4.90 Å². The second-order valence-corrected chi connectivity index (χ2v) is 7.89. The molecule has 0 saturated heterocycles. The number of fused-ring (bicyclic) bond motifs is 2. The third kappa shape index (κ3) is 3.63. The van der Waals surface area contributed by atoms with Crippen molar-refractivity contribution >= 4 is 48.8 Å². The van der Waals surface area contributed by atoms with E-state index in [0.29, 0.717) is 34.6 Å². The number of halogens is 1. The van der Waals surface area contributed by atoms with Crippen molar-refractivity contribution < 1.29 is 5.06 Å². The maximum Gasteiger partial charge on any atom is 0.201 e. The summed E-state index contributed by atoms with van der Waals surface area (Å²) in [6.07, 6.45) is 0. The number of aryl methyl sites for hydroxylation is 1. The van der Waals surface area contributed by atoms with E-state index in [1.807, 2.05) is 19.1 Å². The van der Waals surface area contributed by atoms with Crippen LogP contribution >= 0.6 is 22.9 Å². The van der Waals surface area contributed by atoms with E-state index in [9.17, 15) is 10.0 Å². The van der Waals surface area contributed by atoms with Crippen molar-refractivity contribution in [3.63, 3.8) is 0 Å². The number of hydroxylamine groups is 1. The minimum Gasteiger partial charge on any atom is -0.629 e. The van der Waals surface area contributed by atoms with Gasteiger partial charge in [-0.15, -0.1) is 11.3 Å². The average molecular weight is 391 g/mol. The summed E-state index contributed by atoms with van der Waals surface area (Å²) in [5.41, 5.74) is 1.46. The fraction of sp³-hybridized carbons (Fsp3) is 0.350. The minimum absolute atomic E-state index is 0.0273. The highest BCUT2D eigenvalue weighted by Crippen LogP contribution is 2.31. The van der Waals surface area contributed by atoms with Crippen LogP contribution in [0.15, 0.2) is 35.1 Å². The number of quaternary nitrogens is 1. The Hall–Kier alpha value is -1.50. The van der Waals surface area contributed by atoms with Gasteiger partial charge in [-0.3, -0.25) is 9.69 Å². The molecule has 3 aromatic rings. The standard InChI is InChI=1S/C20H23ClN2O2S/c1-4-22(5-2)10-11-23(25)16-9-6-13(3)20-18(16)19(24)15-8-7-14(21)12-17(15)26-20/h6-9,12,23H,4-5,10-11H2,1-3H3. The zero-order valence-electron chi connectivity index (χ0n) is 15.3. The second-order valence-electron chi connectivity index (χ2n) is 6.41. The molecule has 0 spiro atoms. The molecule has 1 atom stereocenters. The summed E-state index contributed by atoms with van der Waals surface area (Å²) in [4.78, 5) is 15.3. The van der Waals surface area contributed by atoms with Gasteiger partial charge in [0.2, 0.25) is 5.43 Å². The Labute approximate surface area is 162 Å². The van der Waals surface area contributed by atoms with Gasteiger partial charge >= 0.3 is 0 Å². The molecule has 4 nitrogen and oxygen atoms in total. The first-order valence-corrected chi connectivity index (χ1v) is 10.1. The molecule has 1 N–H and O–H groups in total. The summed E-state index contributed by atoms with van der Waals surface area (Å²) in [7, 11) is 0. The summed E-state index contributed by atoms with van der Waals surface area (Å²) in [5.74, 6) is 0. The highest BCUT2D eigenvalue weighted by atomic mass is 35.5. The third-order valence-corrected chi connectivity index (χ3v) is 6.35. The fourth-order valence-electron chi connectivity index (χ4n) is 3.22. The smallest absolute Gasteiger partial charge is 0.201 e. The van der Waals surface area contributed by atoms with Crippen molar-refractivity contribution in [1.29, 1.82) is 0 Å². The number of benzene rings is 2. The minimum atomic E-state index is -0.0831. The quantitative estimate of drug-likeness (QED) is 0.515. The largest absolute Gasteiger partial charge is 0.629 e. The third-order valence-electron chi connectivity index (χ3n) is 4.83. The van der Waals surface area contributed by atoms with E-state index < -0.39 is 0 Å². The molecule has 0 fully saturated rings. The molecule has 1 heterocycles. The molecular weight excluding hydrogens is 368 g/mol. The molecule has 0 amide bonds. The Morgan fingerprint density at radius 3 is 2.62 bits per heavy atom. The van der Waals surface area contributed by atoms with Gasteiger partial charge in [0.25, 0.3) is 0 Å². The Balaban J connectivity index is 2.13. The summed E-state index contributed by atoms with van der Waals surface area (Å²) >= 11 is 7.61. The van der Waals surface area contributed by atoms with Gasteiger partial charge in [-0.05, 0) is 43.8 Å². The number of likely N-dealkylation sites (N-methyl/N-ethyl adjacent to an activating group) is 1. The summed E-state index contributed by atoms with van der Waals surface area (Å²) in [5, 5.41) is 14.7. The van der Waals surface area contributed by atoms with E-state index in [4.69, 9.17) is 11.6 Å². The average Bonchev–Trinajstić information content (AvgIpc) is 2.63. The number of rotatable bonds is 6. The zero-order valence-corrected chi connectivity index (χ0v) is 16.8. The highest BCUT2D eigenvalue weighted by molar-refractivity contribution is 7.24. The SMILES string of the molecule is CCN(CC)CC[NH+]([O-])c1ccc(C)c2sc3cc(Cl)ccc3c(=O)c12. The van der Waals surface area contributed by atoms with Gasteiger partial charge in [-0.1, -0.05) is 31.5 Å². The first kappa shape index (κ1) is 19.3. The molecule has 0 bridgehead atoms. The van der Waals surface area contributed by atoms with Gasteiger partial charge in [0.1, 0.15) is 11.1 Å². The number of nitrogens with one attached hydrogen (secondary N) is 1. The van der Waals surface area contributed by atoms with Crippen LogP contribution in [0.4, 0.5) is 5.69 Å². The molecule has 0 aliphatic heterocycles. The van der Waals surface area contributed by atoms with E-state index in [2.05, 4.69) is 18.7 Å². The second kappa shape index (κ2) is 8.03. The Morgan fingerprint density at radius 2 is 1.92 bits per heavy atom. The van der Waals surface area contributed by atoms with Crippen LogP contribution in [-0.2, 0) is 0 Å². The molecule has 0 aliphatic carbocycles. The van der Waals surface area contributed by atoms with Gasteiger partial charge in [0, 0.05) is 32.4 Å². The van der Waals surface area contributed by atoms with E-state index in [0.717, 1.165) is 28.1 Å². The lowest BCUT2D eigenvalue weighted by Gasteiger charge is -2.26. The first-order valence-electron chi connectivity index (χ1n) is 8.87. The van der Waals surface area contributed by atoms with Crippen molar-refractivity contribution in [3.05, 3.63) is 56.3 Å². The number of hydrogen-bond donors (Lipinski definition) is 1. The van der Waals surface area contributed by atoms with E-state index in [1.165, 1.54) is 11.3 Å². The van der Waals surface area contributed by atoms with Gasteiger partial charge in [-0.25, -0.2) is 0 Å². The highest BCUT2D eigenvalue weighted by Gasteiger charge is 2.17. The van der Waals surface area contributed by atoms with Crippen molar-refractivity contribution in [3.8, 4) is 0 Å². The van der Waals surface area contributed by atoms with Gasteiger partial charge < -0.3 is 10.3 Å². The van der Waals surface area contributed by atoms with Crippen LogP contribution in [0, 0.1) is 12.1 Å². The summed E-state index contributed by atoms with van der Waals surface area (Å²) in [6.45, 7) is 9.11. The van der Waals surface area contributed by atoms with Crippen LogP contribution in [-0.4, -0.2) is 31.1 Å². The van der Waals surface area contributed by atoms with Gasteiger partial charge in [0.05, 0.1) is 6.54 Å². The normalized spacial score (nSPS) is 13.0. The maximum atomic E-state index is 13.1. The van der Waals surface area contributed by atoms with Crippen molar-refractivity contribution in [2.45, 2.75) is 20.8 Å². The van der Waals surface area contributed by atoms with E-state index in [-0.39, 0.29) is 10.5 Å². The molecule has 0 aliphatic rings. The Morgan fingerprint density at radius 1 is 1.19 bits per heavy atom. The maximum absolute atomic E-state index is 13.1. The van der Waals surface area contributed by atoms with E-state index in [1.54, 1.807) is 18.2 Å². The topological polar surface area (TPSA) is 47.8 Å². The van der Waals surface area contributed by atoms with Crippen LogP contribution in [0.25, 0.3) is 20.2 Å². The molecule has 26 heavy (non-hydrogen) atoms. The zero-order chi connectivity index (χ0) is 18.8. The van der Waals surface area contributed by atoms with Gasteiger partial charge in [0.15, 0.2) is 0 Å². The molecular formula is C20H23ClN2O2S. The Kier molecular flexibility index (Phi) is 5.95. The van der Waals surface area contributed by atoms with Gasteiger partial charge in [-0.2, -0.15) is 0 Å². The molecule has 1 aromatic heterocycles. The lowest BCUT2D eigenvalue weighted by Crippen LogP contribution is -3.03. The van der Waals surface area contributed by atoms with Crippen LogP contribution in [0.5, 0.6) is 0 Å². The Bertz CT molecular complexity index is 998. The van der Waals surface area contributed by atoms with Crippen LogP contribution in [0.3, 0.4) is 0 Å². The molecule has 0 saturated carbocycles. The summed E-state index contributed by atoms with van der Waals surface area (Å²) in [6, 6.07) is 9.03. The molecule has 2 aromatic carbocycles. The summed E-state index contributed by atoms with van der Waals surface area (Å²) < 4.78 is 1.73. The monoisotopic (exact) mass is 390 g/mol. The number of nitrogens with zero attached hydrogens (tertiary/aromatic N) is 1. The van der Waals surface area contributed by atoms with Crippen molar-refractivity contribution in [2.75, 3.05) is 26.2 Å². The lowest BCUT2D eigenvalue weighted by atomic mass is 10.1. The van der Waals surface area contributed by atoms with Crippen LogP contribution in [0.1, 0.15) is 19.4 Å². The van der Waals surface area contributed by atoms with E-state index >= 15 is 0 Å². The predicted octanol–water partition coefficient (Wildman–Crippen LogP) is 3.73. The molecule has 6 heteroatoms. The molecule has 138 valence electrons.